The standard InChI is InChI=1S/C15H11N3O2S2/c1-21-15-17-13-7-4-11(8-14(13)22-15)16-9-10-2-5-12(6-3-10)18(19)20/h2-9H,1H3. The molecule has 0 aliphatic heterocycles. The largest absolute Gasteiger partial charge is 0.269 e. The Morgan fingerprint density at radius 2 is 2.05 bits per heavy atom. The van der Waals surface area contributed by atoms with E-state index in [1.165, 1.54) is 12.1 Å². The van der Waals surface area contributed by atoms with Crippen LogP contribution < -0.4 is 0 Å². The Kier molecular flexibility index (Phi) is 4.17. The number of nitrogens with zero attached hydrogens (tertiary/aromatic N) is 3. The minimum atomic E-state index is -0.415. The van der Waals surface area contributed by atoms with Gasteiger partial charge in [0.25, 0.3) is 5.69 Å². The zero-order chi connectivity index (χ0) is 15.5. The smallest absolute Gasteiger partial charge is 0.258 e. The molecule has 22 heavy (non-hydrogen) atoms. The highest BCUT2D eigenvalue weighted by Crippen LogP contribution is 2.30. The Bertz CT molecular complexity index is 857. The van der Waals surface area contributed by atoms with E-state index in [0.717, 1.165) is 25.8 Å². The molecule has 1 heterocycles. The van der Waals surface area contributed by atoms with Gasteiger partial charge in [0.05, 0.1) is 20.8 Å². The van der Waals surface area contributed by atoms with Crippen molar-refractivity contribution in [2.45, 2.75) is 4.34 Å². The molecule has 0 N–H and O–H groups in total. The number of non-ortho nitro benzene ring substituents is 1. The van der Waals surface area contributed by atoms with Crippen LogP contribution in [0.3, 0.4) is 0 Å². The van der Waals surface area contributed by atoms with E-state index in [1.807, 2.05) is 24.5 Å². The van der Waals surface area contributed by atoms with Crippen LogP contribution in [0.2, 0.25) is 0 Å². The molecule has 0 spiro atoms. The number of benzene rings is 2. The van der Waals surface area contributed by atoms with E-state index in [0.29, 0.717) is 0 Å². The fraction of sp³-hybridized carbons (Fsp3) is 0.0667. The Labute approximate surface area is 134 Å². The third kappa shape index (κ3) is 3.15. The monoisotopic (exact) mass is 329 g/mol. The van der Waals surface area contributed by atoms with E-state index in [9.17, 15) is 10.1 Å². The minimum absolute atomic E-state index is 0.0767. The molecule has 0 saturated carbocycles. The number of aromatic nitrogens is 1. The molecule has 0 radical (unpaired) electrons. The van der Waals surface area contributed by atoms with Gasteiger partial charge in [-0.2, -0.15) is 0 Å². The number of aliphatic imine (C=N–C) groups is 1. The fourth-order valence-corrected chi connectivity index (χ4v) is 3.41. The van der Waals surface area contributed by atoms with Gasteiger partial charge in [-0.25, -0.2) is 4.98 Å². The van der Waals surface area contributed by atoms with E-state index in [2.05, 4.69) is 9.98 Å². The molecular formula is C15H11N3O2S2. The average Bonchev–Trinajstić information content (AvgIpc) is 2.95. The van der Waals surface area contributed by atoms with Crippen molar-refractivity contribution in [2.24, 2.45) is 4.99 Å². The van der Waals surface area contributed by atoms with Crippen LogP contribution >= 0.6 is 23.1 Å². The van der Waals surface area contributed by atoms with Gasteiger partial charge in [-0.3, -0.25) is 15.1 Å². The van der Waals surface area contributed by atoms with E-state index < -0.39 is 4.92 Å². The summed E-state index contributed by atoms with van der Waals surface area (Å²) in [6.45, 7) is 0. The summed E-state index contributed by atoms with van der Waals surface area (Å²) < 4.78 is 2.13. The quantitative estimate of drug-likeness (QED) is 0.302. The van der Waals surface area contributed by atoms with Crippen LogP contribution in [0.1, 0.15) is 5.56 Å². The maximum atomic E-state index is 10.6. The lowest BCUT2D eigenvalue weighted by molar-refractivity contribution is -0.384. The van der Waals surface area contributed by atoms with Crippen LogP contribution in [-0.2, 0) is 0 Å². The second-order valence-corrected chi connectivity index (χ2v) is 6.53. The molecule has 110 valence electrons. The molecule has 1 aromatic heterocycles. The summed E-state index contributed by atoms with van der Waals surface area (Å²) in [6.07, 6.45) is 3.70. The zero-order valence-electron chi connectivity index (χ0n) is 11.6. The van der Waals surface area contributed by atoms with E-state index in [4.69, 9.17) is 0 Å². The number of fused-ring (bicyclic) bond motifs is 1. The van der Waals surface area contributed by atoms with Crippen molar-refractivity contribution in [3.63, 3.8) is 0 Å². The van der Waals surface area contributed by atoms with E-state index >= 15 is 0 Å². The third-order valence-electron chi connectivity index (χ3n) is 2.99. The highest BCUT2D eigenvalue weighted by atomic mass is 32.2. The summed E-state index contributed by atoms with van der Waals surface area (Å²) in [7, 11) is 0. The first kappa shape index (κ1) is 14.7. The first-order valence-electron chi connectivity index (χ1n) is 6.39. The Morgan fingerprint density at radius 1 is 1.27 bits per heavy atom. The Hall–Kier alpha value is -2.25. The molecule has 3 rings (SSSR count). The third-order valence-corrected chi connectivity index (χ3v) is 5.00. The molecule has 3 aromatic rings. The summed E-state index contributed by atoms with van der Waals surface area (Å²) in [6, 6.07) is 12.2. The van der Waals surface area contributed by atoms with Crippen LogP contribution in [0.5, 0.6) is 0 Å². The van der Waals surface area contributed by atoms with Gasteiger partial charge >= 0.3 is 0 Å². The first-order valence-corrected chi connectivity index (χ1v) is 8.43. The van der Waals surface area contributed by atoms with Crippen LogP contribution in [0.4, 0.5) is 11.4 Å². The SMILES string of the molecule is CSc1nc2ccc(N=Cc3ccc([N+](=O)[O-])cc3)cc2s1. The zero-order valence-corrected chi connectivity index (χ0v) is 13.2. The predicted molar refractivity (Wildman–Crippen MR) is 91.8 cm³/mol. The summed E-state index contributed by atoms with van der Waals surface area (Å²) in [4.78, 5) is 19.1. The number of nitro groups is 1. The highest BCUT2D eigenvalue weighted by molar-refractivity contribution is 8.00. The fourth-order valence-electron chi connectivity index (χ4n) is 1.89. The molecule has 0 aliphatic rings. The summed E-state index contributed by atoms with van der Waals surface area (Å²) in [5.41, 5.74) is 2.71. The summed E-state index contributed by atoms with van der Waals surface area (Å²) in [5, 5.41) is 10.6. The van der Waals surface area contributed by atoms with Crippen molar-refractivity contribution in [3.8, 4) is 0 Å². The van der Waals surface area contributed by atoms with Gasteiger partial charge in [0.15, 0.2) is 4.34 Å². The topological polar surface area (TPSA) is 68.4 Å². The molecule has 0 unspecified atom stereocenters. The minimum Gasteiger partial charge on any atom is -0.258 e. The van der Waals surface area contributed by atoms with Gasteiger partial charge in [-0.05, 0) is 42.2 Å². The van der Waals surface area contributed by atoms with Crippen LogP contribution in [0, 0.1) is 10.1 Å². The van der Waals surface area contributed by atoms with Crippen molar-refractivity contribution >= 4 is 50.9 Å². The lowest BCUT2D eigenvalue weighted by Gasteiger charge is -1.95. The summed E-state index contributed by atoms with van der Waals surface area (Å²) in [5.74, 6) is 0. The van der Waals surface area contributed by atoms with Crippen molar-refractivity contribution in [3.05, 3.63) is 58.1 Å². The molecule has 7 heteroatoms. The molecule has 0 fully saturated rings. The number of hydrogen-bond donors (Lipinski definition) is 0. The predicted octanol–water partition coefficient (Wildman–Crippen LogP) is 4.68. The highest BCUT2D eigenvalue weighted by Gasteiger charge is 2.04. The van der Waals surface area contributed by atoms with Gasteiger partial charge in [0.2, 0.25) is 0 Å². The molecule has 0 saturated heterocycles. The molecule has 2 aromatic carbocycles. The van der Waals surface area contributed by atoms with Crippen molar-refractivity contribution in [1.29, 1.82) is 0 Å². The van der Waals surface area contributed by atoms with Crippen molar-refractivity contribution < 1.29 is 4.92 Å². The van der Waals surface area contributed by atoms with Gasteiger partial charge in [0, 0.05) is 18.3 Å². The Morgan fingerprint density at radius 3 is 2.73 bits per heavy atom. The van der Waals surface area contributed by atoms with Crippen LogP contribution in [0.15, 0.2) is 51.8 Å². The van der Waals surface area contributed by atoms with Gasteiger partial charge < -0.3 is 0 Å². The normalized spacial score (nSPS) is 11.3. The molecule has 0 atom stereocenters. The number of thiazole rings is 1. The molecular weight excluding hydrogens is 318 g/mol. The second-order valence-electron chi connectivity index (χ2n) is 4.44. The average molecular weight is 329 g/mol. The first-order chi connectivity index (χ1) is 10.7. The number of thioether (sulfide) groups is 1. The lowest BCUT2D eigenvalue weighted by Crippen LogP contribution is -1.88. The van der Waals surface area contributed by atoms with E-state index in [-0.39, 0.29) is 5.69 Å². The maximum absolute atomic E-state index is 10.6. The number of rotatable bonds is 4. The summed E-state index contributed by atoms with van der Waals surface area (Å²) >= 11 is 3.27. The van der Waals surface area contributed by atoms with Gasteiger partial charge in [0.1, 0.15) is 0 Å². The van der Waals surface area contributed by atoms with E-state index in [1.54, 1.807) is 41.4 Å². The lowest BCUT2D eigenvalue weighted by atomic mass is 10.2. The van der Waals surface area contributed by atoms with Crippen molar-refractivity contribution in [1.82, 2.24) is 4.98 Å². The number of nitro benzene ring substituents is 1. The molecule has 0 bridgehead atoms. The van der Waals surface area contributed by atoms with Crippen LogP contribution in [0.25, 0.3) is 10.2 Å². The molecule has 0 amide bonds. The van der Waals surface area contributed by atoms with Gasteiger partial charge in [-0.15, -0.1) is 11.3 Å². The van der Waals surface area contributed by atoms with Crippen molar-refractivity contribution in [2.75, 3.05) is 6.26 Å². The maximum Gasteiger partial charge on any atom is 0.269 e. The molecule has 0 aliphatic carbocycles. The van der Waals surface area contributed by atoms with Gasteiger partial charge in [-0.1, -0.05) is 11.8 Å². The van der Waals surface area contributed by atoms with Crippen LogP contribution in [-0.4, -0.2) is 22.4 Å². The Balaban J connectivity index is 1.83. The second kappa shape index (κ2) is 6.25. The molecule has 5 nitrogen and oxygen atoms in total. The number of hydrogen-bond acceptors (Lipinski definition) is 6.